The molecule has 7 nitrogen and oxygen atoms in total. The topological polar surface area (TPSA) is 79.4 Å². The van der Waals surface area contributed by atoms with E-state index < -0.39 is 0 Å². The molecule has 2 aromatic heterocycles. The molecule has 0 bridgehead atoms. The molecular formula is C22H23N5O2. The molecule has 0 saturated carbocycles. The lowest BCUT2D eigenvalue weighted by Crippen LogP contribution is -2.36. The molecule has 7 heteroatoms. The summed E-state index contributed by atoms with van der Waals surface area (Å²) in [6.45, 7) is 3.60. The van der Waals surface area contributed by atoms with Gasteiger partial charge in [0, 0.05) is 43.9 Å². The van der Waals surface area contributed by atoms with Crippen molar-refractivity contribution in [1.29, 1.82) is 0 Å². The SMILES string of the molecule is O=C(NCc1ccncc1)c1cc(Nc2ccccc2N2CCOCC2)ccn1. The van der Waals surface area contributed by atoms with Crippen LogP contribution in [0.2, 0.25) is 0 Å². The van der Waals surface area contributed by atoms with Crippen LogP contribution in [0.1, 0.15) is 16.1 Å². The average molecular weight is 389 g/mol. The smallest absolute Gasteiger partial charge is 0.270 e. The number of carbonyl (C=O) groups excluding carboxylic acids is 1. The van der Waals surface area contributed by atoms with Crippen molar-refractivity contribution in [2.45, 2.75) is 6.54 Å². The summed E-state index contributed by atoms with van der Waals surface area (Å²) < 4.78 is 5.46. The van der Waals surface area contributed by atoms with Gasteiger partial charge in [0.2, 0.25) is 0 Å². The molecule has 1 aromatic carbocycles. The molecule has 4 rings (SSSR count). The van der Waals surface area contributed by atoms with Gasteiger partial charge in [0.25, 0.3) is 5.91 Å². The molecule has 3 aromatic rings. The molecule has 0 atom stereocenters. The number of carbonyl (C=O) groups is 1. The molecule has 0 unspecified atom stereocenters. The number of morpholine rings is 1. The Bertz CT molecular complexity index is 958. The summed E-state index contributed by atoms with van der Waals surface area (Å²) >= 11 is 0. The third-order valence-corrected chi connectivity index (χ3v) is 4.73. The Balaban J connectivity index is 1.46. The quantitative estimate of drug-likeness (QED) is 0.675. The van der Waals surface area contributed by atoms with Gasteiger partial charge in [-0.2, -0.15) is 0 Å². The van der Waals surface area contributed by atoms with Crippen LogP contribution in [0.25, 0.3) is 0 Å². The predicted octanol–water partition coefficient (Wildman–Crippen LogP) is 2.99. The van der Waals surface area contributed by atoms with Crippen LogP contribution in [0, 0.1) is 0 Å². The lowest BCUT2D eigenvalue weighted by Gasteiger charge is -2.30. The summed E-state index contributed by atoms with van der Waals surface area (Å²) in [5, 5.41) is 6.32. The second-order valence-corrected chi connectivity index (χ2v) is 6.71. The number of pyridine rings is 2. The number of anilines is 3. The Morgan fingerprint density at radius 3 is 2.66 bits per heavy atom. The first-order chi connectivity index (χ1) is 14.3. The summed E-state index contributed by atoms with van der Waals surface area (Å²) in [6, 6.07) is 15.5. The maximum absolute atomic E-state index is 12.5. The van der Waals surface area contributed by atoms with Crippen molar-refractivity contribution in [3.05, 3.63) is 78.4 Å². The fourth-order valence-electron chi connectivity index (χ4n) is 3.22. The third kappa shape index (κ3) is 4.89. The van der Waals surface area contributed by atoms with E-state index in [-0.39, 0.29) is 5.91 Å². The van der Waals surface area contributed by atoms with Crippen LogP contribution in [-0.2, 0) is 11.3 Å². The lowest BCUT2D eigenvalue weighted by molar-refractivity contribution is 0.0946. The van der Waals surface area contributed by atoms with Crippen molar-refractivity contribution < 1.29 is 9.53 Å². The molecule has 3 heterocycles. The molecule has 1 amide bonds. The number of aromatic nitrogens is 2. The second kappa shape index (κ2) is 9.16. The van der Waals surface area contributed by atoms with Crippen molar-refractivity contribution >= 4 is 23.0 Å². The highest BCUT2D eigenvalue weighted by Gasteiger charge is 2.15. The van der Waals surface area contributed by atoms with Gasteiger partial charge in [0.1, 0.15) is 5.69 Å². The number of benzene rings is 1. The summed E-state index contributed by atoms with van der Waals surface area (Å²) in [5.74, 6) is -0.216. The summed E-state index contributed by atoms with van der Waals surface area (Å²) in [7, 11) is 0. The maximum atomic E-state index is 12.5. The summed E-state index contributed by atoms with van der Waals surface area (Å²) in [6.07, 6.45) is 5.05. The van der Waals surface area contributed by atoms with Crippen LogP contribution in [0.3, 0.4) is 0 Å². The van der Waals surface area contributed by atoms with E-state index in [1.54, 1.807) is 24.7 Å². The molecule has 148 valence electrons. The van der Waals surface area contributed by atoms with Crippen molar-refractivity contribution in [1.82, 2.24) is 15.3 Å². The fourth-order valence-corrected chi connectivity index (χ4v) is 3.22. The van der Waals surface area contributed by atoms with Gasteiger partial charge in [-0.1, -0.05) is 12.1 Å². The van der Waals surface area contributed by atoms with E-state index in [1.807, 2.05) is 36.4 Å². The van der Waals surface area contributed by atoms with Gasteiger partial charge in [0.15, 0.2) is 0 Å². The normalized spacial score (nSPS) is 13.7. The fraction of sp³-hybridized carbons (Fsp3) is 0.227. The van der Waals surface area contributed by atoms with E-state index in [0.29, 0.717) is 12.2 Å². The summed E-state index contributed by atoms with van der Waals surface area (Å²) in [4.78, 5) is 23.0. The van der Waals surface area contributed by atoms with E-state index in [1.165, 1.54) is 0 Å². The van der Waals surface area contributed by atoms with Gasteiger partial charge in [-0.05, 0) is 42.0 Å². The zero-order valence-corrected chi connectivity index (χ0v) is 16.0. The van der Waals surface area contributed by atoms with Crippen molar-refractivity contribution in [3.8, 4) is 0 Å². The van der Waals surface area contributed by atoms with Crippen LogP contribution in [-0.4, -0.2) is 42.2 Å². The largest absolute Gasteiger partial charge is 0.378 e. The molecular weight excluding hydrogens is 366 g/mol. The first kappa shape index (κ1) is 18.9. The number of nitrogens with one attached hydrogen (secondary N) is 2. The van der Waals surface area contributed by atoms with Crippen LogP contribution in [0.4, 0.5) is 17.1 Å². The molecule has 2 N–H and O–H groups in total. The molecule has 0 spiro atoms. The molecule has 0 radical (unpaired) electrons. The maximum Gasteiger partial charge on any atom is 0.270 e. The number of nitrogens with zero attached hydrogens (tertiary/aromatic N) is 3. The Kier molecular flexibility index (Phi) is 5.97. The van der Waals surface area contributed by atoms with Gasteiger partial charge in [-0.3, -0.25) is 14.8 Å². The Labute approximate surface area is 169 Å². The minimum absolute atomic E-state index is 0.216. The highest BCUT2D eigenvalue weighted by molar-refractivity contribution is 5.93. The minimum atomic E-state index is -0.216. The first-order valence-corrected chi connectivity index (χ1v) is 9.61. The number of amides is 1. The number of para-hydroxylation sites is 2. The van der Waals surface area contributed by atoms with E-state index in [9.17, 15) is 4.79 Å². The molecule has 1 saturated heterocycles. The lowest BCUT2D eigenvalue weighted by atomic mass is 10.2. The van der Waals surface area contributed by atoms with Gasteiger partial charge >= 0.3 is 0 Å². The van der Waals surface area contributed by atoms with E-state index in [0.717, 1.165) is 48.9 Å². The standard InChI is InChI=1S/C22H23N5O2/c28-22(25-16-17-5-8-23-9-6-17)20-15-18(7-10-24-20)26-19-3-1-2-4-21(19)27-11-13-29-14-12-27/h1-10,15H,11-14,16H2,(H,24,26)(H,25,28). The first-order valence-electron chi connectivity index (χ1n) is 9.61. The van der Waals surface area contributed by atoms with Crippen LogP contribution < -0.4 is 15.5 Å². The molecule has 1 fully saturated rings. The van der Waals surface area contributed by atoms with Gasteiger partial charge < -0.3 is 20.3 Å². The monoisotopic (exact) mass is 389 g/mol. The second-order valence-electron chi connectivity index (χ2n) is 6.71. The van der Waals surface area contributed by atoms with E-state index in [4.69, 9.17) is 4.74 Å². The van der Waals surface area contributed by atoms with Gasteiger partial charge in [-0.15, -0.1) is 0 Å². The van der Waals surface area contributed by atoms with E-state index in [2.05, 4.69) is 31.6 Å². The highest BCUT2D eigenvalue weighted by Crippen LogP contribution is 2.29. The zero-order chi connectivity index (χ0) is 19.9. The number of hydrogen-bond acceptors (Lipinski definition) is 6. The molecule has 0 aliphatic carbocycles. The molecule has 1 aliphatic rings. The third-order valence-electron chi connectivity index (χ3n) is 4.73. The number of ether oxygens (including phenoxy) is 1. The Morgan fingerprint density at radius 2 is 1.83 bits per heavy atom. The van der Waals surface area contributed by atoms with E-state index >= 15 is 0 Å². The van der Waals surface area contributed by atoms with Crippen LogP contribution in [0.5, 0.6) is 0 Å². The van der Waals surface area contributed by atoms with Gasteiger partial charge in [-0.25, -0.2) is 0 Å². The van der Waals surface area contributed by atoms with Crippen molar-refractivity contribution in [2.24, 2.45) is 0 Å². The Hall–Kier alpha value is -3.45. The predicted molar refractivity (Wildman–Crippen MR) is 112 cm³/mol. The highest BCUT2D eigenvalue weighted by atomic mass is 16.5. The Morgan fingerprint density at radius 1 is 1.03 bits per heavy atom. The minimum Gasteiger partial charge on any atom is -0.378 e. The average Bonchev–Trinajstić information content (AvgIpc) is 2.79. The molecule has 29 heavy (non-hydrogen) atoms. The zero-order valence-electron chi connectivity index (χ0n) is 16.0. The number of rotatable bonds is 6. The van der Waals surface area contributed by atoms with Crippen molar-refractivity contribution in [3.63, 3.8) is 0 Å². The van der Waals surface area contributed by atoms with Crippen LogP contribution >= 0.6 is 0 Å². The summed E-state index contributed by atoms with van der Waals surface area (Å²) in [5.41, 5.74) is 4.28. The van der Waals surface area contributed by atoms with Crippen molar-refractivity contribution in [2.75, 3.05) is 36.5 Å². The van der Waals surface area contributed by atoms with Crippen LogP contribution in [0.15, 0.2) is 67.1 Å². The molecule has 1 aliphatic heterocycles. The number of hydrogen-bond donors (Lipinski definition) is 2. The van der Waals surface area contributed by atoms with Gasteiger partial charge in [0.05, 0.1) is 24.6 Å².